The van der Waals surface area contributed by atoms with Gasteiger partial charge in [-0.1, -0.05) is 5.21 Å². The first-order chi connectivity index (χ1) is 17.2. The zero-order valence-corrected chi connectivity index (χ0v) is 19.3. The number of aromatic nitrogens is 5. The first-order valence-electron chi connectivity index (χ1n) is 11.3. The minimum absolute atomic E-state index is 0.210. The van der Waals surface area contributed by atoms with Crippen LogP contribution in [0.25, 0.3) is 0 Å². The molecule has 36 heavy (non-hydrogen) atoms. The van der Waals surface area contributed by atoms with Gasteiger partial charge in [0.2, 0.25) is 0 Å². The number of amides is 2. The Morgan fingerprint density at radius 3 is 2.61 bits per heavy atom. The number of carbonyl (C=O) groups excluding carboxylic acids is 2. The van der Waals surface area contributed by atoms with E-state index in [9.17, 15) is 22.8 Å². The Kier molecular flexibility index (Phi) is 5.90. The van der Waals surface area contributed by atoms with E-state index in [1.807, 2.05) is 0 Å². The Labute approximate surface area is 203 Å². The van der Waals surface area contributed by atoms with Crippen molar-refractivity contribution in [3.8, 4) is 5.75 Å². The Hall–Kier alpha value is -3.94. The maximum Gasteiger partial charge on any atom is 0.573 e. The Morgan fingerprint density at radius 1 is 1.11 bits per heavy atom. The van der Waals surface area contributed by atoms with Crippen molar-refractivity contribution >= 4 is 17.7 Å². The molecule has 3 aromatic rings. The van der Waals surface area contributed by atoms with E-state index in [1.165, 1.54) is 31.4 Å². The van der Waals surface area contributed by atoms with Gasteiger partial charge >= 0.3 is 12.5 Å². The van der Waals surface area contributed by atoms with Gasteiger partial charge in [-0.3, -0.25) is 14.6 Å². The van der Waals surface area contributed by atoms with Gasteiger partial charge in [0.1, 0.15) is 23.7 Å². The van der Waals surface area contributed by atoms with Gasteiger partial charge in [-0.15, -0.1) is 18.3 Å². The van der Waals surface area contributed by atoms with Gasteiger partial charge in [-0.25, -0.2) is 0 Å². The standard InChI is InChI=1S/C22H23F3N7O4/c1-35-21(34)32(15-2-4-16(5-3-15)36-22(23,24)25)10-7-14-12-18(28-31(14)9-11-32)20(33)30-8-6-17-19(13-30)27-29-26-17/h2-5,12H,6-11,13H2,1H3,(H,26,27,29)/q+1. The fraction of sp³-hybridized carbons (Fsp3) is 0.409. The van der Waals surface area contributed by atoms with Crippen molar-refractivity contribution < 1.29 is 32.2 Å². The molecule has 11 nitrogen and oxygen atoms in total. The number of nitrogens with one attached hydrogen (secondary N) is 1. The fourth-order valence-electron chi connectivity index (χ4n) is 4.73. The van der Waals surface area contributed by atoms with Crippen molar-refractivity contribution in [2.45, 2.75) is 32.3 Å². The van der Waals surface area contributed by atoms with Crippen molar-refractivity contribution in [3.05, 3.63) is 53.1 Å². The van der Waals surface area contributed by atoms with Crippen LogP contribution in [0.2, 0.25) is 0 Å². The van der Waals surface area contributed by atoms with Crippen molar-refractivity contribution in [3.63, 3.8) is 0 Å². The highest BCUT2D eigenvalue weighted by molar-refractivity contribution is 5.92. The molecule has 2 amide bonds. The number of methoxy groups -OCH3 is 1. The van der Waals surface area contributed by atoms with Crippen LogP contribution in [-0.4, -0.2) is 75.2 Å². The summed E-state index contributed by atoms with van der Waals surface area (Å²) in [4.78, 5) is 27.7. The van der Waals surface area contributed by atoms with Crippen LogP contribution in [0.3, 0.4) is 0 Å². The van der Waals surface area contributed by atoms with Crippen molar-refractivity contribution in [1.29, 1.82) is 0 Å². The molecule has 0 spiro atoms. The van der Waals surface area contributed by atoms with Crippen molar-refractivity contribution in [1.82, 2.24) is 34.6 Å². The number of fused-ring (bicyclic) bond motifs is 2. The third kappa shape index (κ3) is 4.39. The minimum Gasteiger partial charge on any atom is -0.423 e. The third-order valence-electron chi connectivity index (χ3n) is 6.58. The second-order valence-electron chi connectivity index (χ2n) is 8.63. The van der Waals surface area contributed by atoms with Crippen LogP contribution in [0.5, 0.6) is 5.75 Å². The van der Waals surface area contributed by atoms with Gasteiger partial charge in [0.15, 0.2) is 5.69 Å². The first-order valence-corrected chi connectivity index (χ1v) is 11.3. The predicted molar refractivity (Wildman–Crippen MR) is 118 cm³/mol. The van der Waals surface area contributed by atoms with E-state index in [0.717, 1.165) is 17.1 Å². The molecule has 1 aromatic carbocycles. The Bertz CT molecular complexity index is 1260. The number of ether oxygens (including phenoxy) is 2. The summed E-state index contributed by atoms with van der Waals surface area (Å²) in [6, 6.07) is 6.92. The number of halogens is 3. The fourth-order valence-corrected chi connectivity index (χ4v) is 4.73. The second-order valence-corrected chi connectivity index (χ2v) is 8.63. The summed E-state index contributed by atoms with van der Waals surface area (Å²) in [5, 5.41) is 15.1. The summed E-state index contributed by atoms with van der Waals surface area (Å²) in [6.07, 6.45) is -4.33. The number of carbonyl (C=O) groups is 2. The van der Waals surface area contributed by atoms with Crippen LogP contribution in [0.4, 0.5) is 23.7 Å². The third-order valence-corrected chi connectivity index (χ3v) is 6.58. The molecule has 190 valence electrons. The molecule has 5 rings (SSSR count). The number of alkyl halides is 3. The molecular weight excluding hydrogens is 483 g/mol. The molecular formula is C22H23F3N7O4+. The van der Waals surface area contributed by atoms with Gasteiger partial charge < -0.3 is 14.4 Å². The average molecular weight is 506 g/mol. The summed E-state index contributed by atoms with van der Waals surface area (Å²) < 4.78 is 48.1. The van der Waals surface area contributed by atoms with Gasteiger partial charge in [0, 0.05) is 37.2 Å². The molecule has 1 atom stereocenters. The summed E-state index contributed by atoms with van der Waals surface area (Å²) >= 11 is 0. The van der Waals surface area contributed by atoms with Crippen LogP contribution in [0.15, 0.2) is 30.3 Å². The minimum atomic E-state index is -4.81. The molecule has 0 radical (unpaired) electrons. The smallest absolute Gasteiger partial charge is 0.423 e. The molecule has 1 unspecified atom stereocenters. The quantitative estimate of drug-likeness (QED) is 0.543. The van der Waals surface area contributed by atoms with Crippen LogP contribution in [-0.2, 0) is 30.7 Å². The number of nitrogens with zero attached hydrogens (tertiary/aromatic N) is 6. The number of quaternary nitrogens is 1. The lowest BCUT2D eigenvalue weighted by Crippen LogP contribution is -2.56. The molecule has 0 saturated heterocycles. The number of aromatic amines is 1. The zero-order valence-electron chi connectivity index (χ0n) is 19.3. The van der Waals surface area contributed by atoms with Crippen LogP contribution >= 0.6 is 0 Å². The molecule has 2 aliphatic rings. The van der Waals surface area contributed by atoms with E-state index >= 15 is 0 Å². The summed E-state index contributed by atoms with van der Waals surface area (Å²) in [5.41, 5.74) is 3.22. The molecule has 0 aliphatic carbocycles. The van der Waals surface area contributed by atoms with E-state index < -0.39 is 12.5 Å². The molecule has 4 heterocycles. The highest BCUT2D eigenvalue weighted by Gasteiger charge is 2.43. The molecule has 1 N–H and O–H groups in total. The number of hydrogen-bond donors (Lipinski definition) is 1. The maximum atomic E-state index is 13.1. The summed E-state index contributed by atoms with van der Waals surface area (Å²) in [7, 11) is 1.27. The Morgan fingerprint density at radius 2 is 1.89 bits per heavy atom. The van der Waals surface area contributed by atoms with E-state index in [1.54, 1.807) is 15.6 Å². The number of hydrogen-bond acceptors (Lipinski definition) is 7. The van der Waals surface area contributed by atoms with E-state index in [4.69, 9.17) is 4.74 Å². The van der Waals surface area contributed by atoms with Gasteiger partial charge in [0.05, 0.1) is 32.4 Å². The van der Waals surface area contributed by atoms with Crippen LogP contribution < -0.4 is 9.22 Å². The lowest BCUT2D eigenvalue weighted by Gasteiger charge is -2.32. The molecule has 0 saturated carbocycles. The summed E-state index contributed by atoms with van der Waals surface area (Å²) in [5.74, 6) is -0.589. The predicted octanol–water partition coefficient (Wildman–Crippen LogP) is 2.43. The molecule has 0 fully saturated rings. The normalized spacial score (nSPS) is 19.7. The maximum absolute atomic E-state index is 13.1. The first kappa shape index (κ1) is 23.8. The molecule has 14 heteroatoms. The van der Waals surface area contributed by atoms with Crippen LogP contribution in [0, 0.1) is 0 Å². The van der Waals surface area contributed by atoms with E-state index in [2.05, 4.69) is 25.2 Å². The lowest BCUT2D eigenvalue weighted by atomic mass is 10.1. The topological polar surface area (TPSA) is 115 Å². The highest BCUT2D eigenvalue weighted by atomic mass is 19.4. The second kappa shape index (κ2) is 8.93. The van der Waals surface area contributed by atoms with Crippen LogP contribution in [0.1, 0.15) is 27.6 Å². The molecule has 2 aromatic heterocycles. The van der Waals surface area contributed by atoms with Crippen molar-refractivity contribution in [2.75, 3.05) is 26.7 Å². The number of benzene rings is 1. The zero-order chi connectivity index (χ0) is 25.5. The van der Waals surface area contributed by atoms with Gasteiger partial charge in [-0.05, 0) is 18.2 Å². The van der Waals surface area contributed by atoms with E-state index in [0.29, 0.717) is 43.9 Å². The average Bonchev–Trinajstić information content (AvgIpc) is 3.45. The lowest BCUT2D eigenvalue weighted by molar-refractivity contribution is -0.274. The summed E-state index contributed by atoms with van der Waals surface area (Å²) in [6.45, 7) is 1.68. The van der Waals surface area contributed by atoms with Gasteiger partial charge in [0.25, 0.3) is 5.91 Å². The monoisotopic (exact) mass is 506 g/mol. The largest absolute Gasteiger partial charge is 0.573 e. The molecule has 0 bridgehead atoms. The molecule has 2 aliphatic heterocycles. The number of H-pyrrole nitrogens is 1. The van der Waals surface area contributed by atoms with Crippen molar-refractivity contribution in [2.24, 2.45) is 0 Å². The number of rotatable bonds is 3. The SMILES string of the molecule is COC(=O)[N+]1(c2ccc(OC(F)(F)F)cc2)CCc2cc(C(=O)N3CCc4[nH]nnc4C3)nn2CC1. The highest BCUT2D eigenvalue weighted by Crippen LogP contribution is 2.31. The van der Waals surface area contributed by atoms with Gasteiger partial charge in [-0.2, -0.15) is 14.4 Å². The van der Waals surface area contributed by atoms with E-state index in [-0.39, 0.29) is 29.2 Å². The Balaban J connectivity index is 1.35.